The van der Waals surface area contributed by atoms with Crippen molar-refractivity contribution in [3.63, 3.8) is 0 Å². The third-order valence-electron chi connectivity index (χ3n) is 3.13. The van der Waals surface area contributed by atoms with E-state index in [2.05, 4.69) is 37.4 Å². The van der Waals surface area contributed by atoms with Crippen molar-refractivity contribution in [3.8, 4) is 0 Å². The number of halogens is 1. The van der Waals surface area contributed by atoms with Gasteiger partial charge in [0.2, 0.25) is 5.91 Å². The van der Waals surface area contributed by atoms with Gasteiger partial charge in [-0.2, -0.15) is 0 Å². The summed E-state index contributed by atoms with van der Waals surface area (Å²) < 4.78 is 0. The highest BCUT2D eigenvalue weighted by atomic mass is 35.5. The number of hydrogen-bond acceptors (Lipinski definition) is 1. The van der Waals surface area contributed by atoms with Gasteiger partial charge in [0.25, 0.3) is 0 Å². The van der Waals surface area contributed by atoms with E-state index in [9.17, 15) is 4.79 Å². The fourth-order valence-corrected chi connectivity index (χ4v) is 1.86. The lowest BCUT2D eigenvalue weighted by molar-refractivity contribution is -0.128. The van der Waals surface area contributed by atoms with Crippen molar-refractivity contribution in [1.29, 1.82) is 0 Å². The molecule has 1 N–H and O–H groups in total. The Balaban J connectivity index is 2.50. The van der Waals surface area contributed by atoms with Crippen molar-refractivity contribution < 1.29 is 4.79 Å². The zero-order chi connectivity index (χ0) is 13.8. The van der Waals surface area contributed by atoms with E-state index in [-0.39, 0.29) is 5.91 Å². The molecule has 1 aromatic rings. The number of carbonyl (C=O) groups is 1. The zero-order valence-electron chi connectivity index (χ0n) is 11.6. The molecule has 3 heteroatoms. The van der Waals surface area contributed by atoms with E-state index in [1.165, 1.54) is 16.7 Å². The number of alkyl halides is 1. The van der Waals surface area contributed by atoms with Crippen LogP contribution in [-0.4, -0.2) is 18.3 Å². The smallest absolute Gasteiger partial charge is 0.226 e. The SMILES string of the molecule is Cc1ccc(CCNC(=O)C(C)(C)CCl)c(C)c1. The molecule has 18 heavy (non-hydrogen) atoms. The van der Waals surface area contributed by atoms with Gasteiger partial charge in [-0.15, -0.1) is 11.6 Å². The summed E-state index contributed by atoms with van der Waals surface area (Å²) in [6.07, 6.45) is 0.857. The molecule has 0 unspecified atom stereocenters. The Morgan fingerprint density at radius 2 is 2.00 bits per heavy atom. The summed E-state index contributed by atoms with van der Waals surface area (Å²) >= 11 is 5.77. The summed E-state index contributed by atoms with van der Waals surface area (Å²) in [5.74, 6) is 0.352. The Labute approximate surface area is 115 Å². The molecule has 100 valence electrons. The molecule has 1 rings (SSSR count). The molecular formula is C15H22ClNO. The number of rotatable bonds is 5. The molecular weight excluding hydrogens is 246 g/mol. The lowest BCUT2D eigenvalue weighted by Gasteiger charge is -2.20. The van der Waals surface area contributed by atoms with E-state index >= 15 is 0 Å². The summed E-state index contributed by atoms with van der Waals surface area (Å²) in [6, 6.07) is 6.40. The van der Waals surface area contributed by atoms with Gasteiger partial charge in [0.05, 0.1) is 5.41 Å². The van der Waals surface area contributed by atoms with Crippen LogP contribution in [0.2, 0.25) is 0 Å². The average Bonchev–Trinajstić information content (AvgIpc) is 2.31. The predicted molar refractivity (Wildman–Crippen MR) is 77.1 cm³/mol. The van der Waals surface area contributed by atoms with Gasteiger partial charge in [-0.05, 0) is 45.2 Å². The quantitative estimate of drug-likeness (QED) is 0.816. The van der Waals surface area contributed by atoms with E-state index in [1.807, 2.05) is 13.8 Å². The van der Waals surface area contributed by atoms with Crippen LogP contribution in [0.25, 0.3) is 0 Å². The number of benzene rings is 1. The average molecular weight is 268 g/mol. The Morgan fingerprint density at radius 1 is 1.33 bits per heavy atom. The van der Waals surface area contributed by atoms with Crippen LogP contribution in [0.15, 0.2) is 18.2 Å². The zero-order valence-corrected chi connectivity index (χ0v) is 12.4. The third-order valence-corrected chi connectivity index (χ3v) is 3.79. The molecule has 0 aromatic heterocycles. The number of aryl methyl sites for hydroxylation is 2. The monoisotopic (exact) mass is 267 g/mol. The first-order chi connectivity index (χ1) is 8.36. The van der Waals surface area contributed by atoms with Crippen LogP contribution in [-0.2, 0) is 11.2 Å². The minimum Gasteiger partial charge on any atom is -0.355 e. The molecule has 0 fully saturated rings. The van der Waals surface area contributed by atoms with E-state index < -0.39 is 5.41 Å². The maximum atomic E-state index is 11.8. The van der Waals surface area contributed by atoms with Crippen LogP contribution in [0.5, 0.6) is 0 Å². The van der Waals surface area contributed by atoms with Gasteiger partial charge in [0.15, 0.2) is 0 Å². The van der Waals surface area contributed by atoms with E-state index in [0.29, 0.717) is 12.4 Å². The molecule has 0 aliphatic carbocycles. The maximum Gasteiger partial charge on any atom is 0.226 e. The Bertz CT molecular complexity index is 427. The third kappa shape index (κ3) is 4.02. The first-order valence-electron chi connectivity index (χ1n) is 6.27. The lowest BCUT2D eigenvalue weighted by Crippen LogP contribution is -2.39. The van der Waals surface area contributed by atoms with Gasteiger partial charge >= 0.3 is 0 Å². The van der Waals surface area contributed by atoms with Crippen molar-refractivity contribution in [3.05, 3.63) is 34.9 Å². The first kappa shape index (κ1) is 15.0. The Morgan fingerprint density at radius 3 is 2.56 bits per heavy atom. The van der Waals surface area contributed by atoms with Crippen molar-refractivity contribution in [1.82, 2.24) is 5.32 Å². The number of nitrogens with one attached hydrogen (secondary N) is 1. The fourth-order valence-electron chi connectivity index (χ4n) is 1.74. The van der Waals surface area contributed by atoms with Crippen LogP contribution in [0.4, 0.5) is 0 Å². The Kier molecular flexibility index (Phi) is 5.21. The van der Waals surface area contributed by atoms with Crippen LogP contribution in [0.3, 0.4) is 0 Å². The number of carbonyl (C=O) groups excluding carboxylic acids is 1. The second kappa shape index (κ2) is 6.24. The van der Waals surface area contributed by atoms with Gasteiger partial charge in [-0.1, -0.05) is 23.8 Å². The minimum atomic E-state index is -0.496. The number of amides is 1. The van der Waals surface area contributed by atoms with Gasteiger partial charge in [0, 0.05) is 12.4 Å². The molecule has 0 atom stereocenters. The van der Waals surface area contributed by atoms with Gasteiger partial charge < -0.3 is 5.32 Å². The van der Waals surface area contributed by atoms with Crippen molar-refractivity contribution in [2.24, 2.45) is 5.41 Å². The lowest BCUT2D eigenvalue weighted by atomic mass is 9.95. The molecule has 1 amide bonds. The van der Waals surface area contributed by atoms with E-state index in [0.717, 1.165) is 6.42 Å². The normalized spacial score (nSPS) is 11.4. The summed E-state index contributed by atoms with van der Waals surface area (Å²) in [5, 5.41) is 2.94. The van der Waals surface area contributed by atoms with E-state index in [4.69, 9.17) is 11.6 Å². The van der Waals surface area contributed by atoms with Crippen LogP contribution in [0.1, 0.15) is 30.5 Å². The summed E-state index contributed by atoms with van der Waals surface area (Å²) in [4.78, 5) is 11.8. The summed E-state index contributed by atoms with van der Waals surface area (Å²) in [7, 11) is 0. The molecule has 0 saturated carbocycles. The van der Waals surface area contributed by atoms with Crippen LogP contribution < -0.4 is 5.32 Å². The second-order valence-corrected chi connectivity index (χ2v) is 5.72. The first-order valence-corrected chi connectivity index (χ1v) is 6.80. The standard InChI is InChI=1S/C15H22ClNO/c1-11-5-6-13(12(2)9-11)7-8-17-14(18)15(3,4)10-16/h5-6,9H,7-8,10H2,1-4H3,(H,17,18). The molecule has 0 saturated heterocycles. The van der Waals surface area contributed by atoms with Crippen LogP contribution in [0, 0.1) is 19.3 Å². The largest absolute Gasteiger partial charge is 0.355 e. The van der Waals surface area contributed by atoms with Crippen molar-refractivity contribution in [2.45, 2.75) is 34.1 Å². The van der Waals surface area contributed by atoms with Gasteiger partial charge in [-0.3, -0.25) is 4.79 Å². The molecule has 0 spiro atoms. The maximum absolute atomic E-state index is 11.8. The van der Waals surface area contributed by atoms with Crippen molar-refractivity contribution in [2.75, 3.05) is 12.4 Å². The fraction of sp³-hybridized carbons (Fsp3) is 0.533. The number of hydrogen-bond donors (Lipinski definition) is 1. The highest BCUT2D eigenvalue weighted by Gasteiger charge is 2.25. The molecule has 0 heterocycles. The Hall–Kier alpha value is -1.02. The molecule has 0 aliphatic heterocycles. The van der Waals surface area contributed by atoms with Crippen molar-refractivity contribution >= 4 is 17.5 Å². The molecule has 0 radical (unpaired) electrons. The minimum absolute atomic E-state index is 0.0160. The van der Waals surface area contributed by atoms with Gasteiger partial charge in [-0.25, -0.2) is 0 Å². The second-order valence-electron chi connectivity index (χ2n) is 5.45. The molecule has 0 bridgehead atoms. The highest BCUT2D eigenvalue weighted by Crippen LogP contribution is 2.17. The predicted octanol–water partition coefficient (Wildman–Crippen LogP) is 3.23. The topological polar surface area (TPSA) is 29.1 Å². The summed E-state index contributed by atoms with van der Waals surface area (Å²) in [5.41, 5.74) is 3.33. The summed E-state index contributed by atoms with van der Waals surface area (Å²) in [6.45, 7) is 8.55. The van der Waals surface area contributed by atoms with E-state index in [1.54, 1.807) is 0 Å². The molecule has 2 nitrogen and oxygen atoms in total. The molecule has 0 aliphatic rings. The highest BCUT2D eigenvalue weighted by molar-refractivity contribution is 6.19. The van der Waals surface area contributed by atoms with Crippen LogP contribution >= 0.6 is 11.6 Å². The van der Waals surface area contributed by atoms with Gasteiger partial charge in [0.1, 0.15) is 0 Å². The molecule has 1 aromatic carbocycles.